The molecule has 0 saturated heterocycles. The predicted molar refractivity (Wildman–Crippen MR) is 63.0 cm³/mol. The van der Waals surface area contributed by atoms with E-state index in [-0.39, 0.29) is 16.8 Å². The molecule has 1 aromatic rings. The molecular weight excluding hydrogens is 213 g/mol. The molecule has 0 radical (unpaired) electrons. The van der Waals surface area contributed by atoms with Crippen molar-refractivity contribution in [1.29, 1.82) is 0 Å². The summed E-state index contributed by atoms with van der Waals surface area (Å²) < 4.78 is 13.7. The second-order valence-electron chi connectivity index (χ2n) is 4.01. The Morgan fingerprint density at radius 1 is 1.47 bits per heavy atom. The zero-order valence-electron chi connectivity index (χ0n) is 9.40. The monoisotopic (exact) mass is 229 g/mol. The van der Waals surface area contributed by atoms with Gasteiger partial charge in [-0.3, -0.25) is 0 Å². The SMILES string of the molecule is Cc1cc(C(C)CCN)c(C)c(F)c1Cl. The molecule has 0 spiro atoms. The van der Waals surface area contributed by atoms with Gasteiger partial charge in [-0.2, -0.15) is 0 Å². The van der Waals surface area contributed by atoms with E-state index in [0.29, 0.717) is 12.1 Å². The highest BCUT2D eigenvalue weighted by molar-refractivity contribution is 6.31. The van der Waals surface area contributed by atoms with Gasteiger partial charge in [0.15, 0.2) is 0 Å². The van der Waals surface area contributed by atoms with Crippen molar-refractivity contribution in [3.8, 4) is 0 Å². The van der Waals surface area contributed by atoms with Crippen LogP contribution in [-0.2, 0) is 0 Å². The van der Waals surface area contributed by atoms with Crippen molar-refractivity contribution in [3.63, 3.8) is 0 Å². The van der Waals surface area contributed by atoms with Crippen LogP contribution in [0, 0.1) is 19.7 Å². The van der Waals surface area contributed by atoms with Crippen LogP contribution >= 0.6 is 11.6 Å². The fourth-order valence-corrected chi connectivity index (χ4v) is 1.98. The van der Waals surface area contributed by atoms with E-state index < -0.39 is 0 Å². The molecule has 2 N–H and O–H groups in total. The van der Waals surface area contributed by atoms with E-state index in [4.69, 9.17) is 17.3 Å². The summed E-state index contributed by atoms with van der Waals surface area (Å²) in [5.41, 5.74) is 7.95. The Kier molecular flexibility index (Phi) is 4.12. The van der Waals surface area contributed by atoms with Crippen molar-refractivity contribution in [2.45, 2.75) is 33.1 Å². The van der Waals surface area contributed by atoms with Gasteiger partial charge in [-0.25, -0.2) is 4.39 Å². The van der Waals surface area contributed by atoms with E-state index in [0.717, 1.165) is 17.5 Å². The minimum atomic E-state index is -0.296. The number of benzene rings is 1. The molecule has 0 aliphatic carbocycles. The molecule has 0 aliphatic rings. The lowest BCUT2D eigenvalue weighted by Gasteiger charge is -2.16. The van der Waals surface area contributed by atoms with Crippen LogP contribution < -0.4 is 5.73 Å². The van der Waals surface area contributed by atoms with Gasteiger partial charge in [-0.1, -0.05) is 24.6 Å². The molecule has 0 saturated carbocycles. The molecule has 0 fully saturated rings. The molecule has 1 atom stereocenters. The molecule has 3 heteroatoms. The smallest absolute Gasteiger partial charge is 0.145 e. The first kappa shape index (κ1) is 12.5. The molecule has 0 heterocycles. The maximum Gasteiger partial charge on any atom is 0.145 e. The van der Waals surface area contributed by atoms with Crippen molar-refractivity contribution in [2.75, 3.05) is 6.54 Å². The van der Waals surface area contributed by atoms with Crippen LogP contribution in [0.15, 0.2) is 6.07 Å². The average molecular weight is 230 g/mol. The minimum Gasteiger partial charge on any atom is -0.330 e. The molecule has 1 nitrogen and oxygen atoms in total. The summed E-state index contributed by atoms with van der Waals surface area (Å²) in [6, 6.07) is 1.96. The third kappa shape index (κ3) is 2.50. The number of hydrogen-bond donors (Lipinski definition) is 1. The van der Waals surface area contributed by atoms with Gasteiger partial charge >= 0.3 is 0 Å². The van der Waals surface area contributed by atoms with Gasteiger partial charge in [0.05, 0.1) is 5.02 Å². The summed E-state index contributed by atoms with van der Waals surface area (Å²) in [5, 5.41) is 0.233. The highest BCUT2D eigenvalue weighted by atomic mass is 35.5. The lowest BCUT2D eigenvalue weighted by molar-refractivity contribution is 0.604. The van der Waals surface area contributed by atoms with Crippen molar-refractivity contribution in [2.24, 2.45) is 5.73 Å². The van der Waals surface area contributed by atoms with Gasteiger partial charge in [0.2, 0.25) is 0 Å². The first-order valence-corrected chi connectivity index (χ1v) is 5.52. The molecule has 0 aromatic heterocycles. The van der Waals surface area contributed by atoms with Crippen molar-refractivity contribution >= 4 is 11.6 Å². The second-order valence-corrected chi connectivity index (χ2v) is 4.39. The van der Waals surface area contributed by atoms with Gasteiger partial charge in [0, 0.05) is 0 Å². The Morgan fingerprint density at radius 3 is 2.60 bits per heavy atom. The third-order valence-electron chi connectivity index (χ3n) is 2.80. The van der Waals surface area contributed by atoms with Crippen molar-refractivity contribution in [1.82, 2.24) is 0 Å². The quantitative estimate of drug-likeness (QED) is 0.843. The first-order valence-electron chi connectivity index (χ1n) is 5.14. The van der Waals surface area contributed by atoms with Gasteiger partial charge in [0.1, 0.15) is 5.82 Å². The molecule has 1 rings (SSSR count). The number of rotatable bonds is 3. The zero-order chi connectivity index (χ0) is 11.6. The maximum absolute atomic E-state index is 13.7. The molecule has 0 aliphatic heterocycles. The van der Waals surface area contributed by atoms with Gasteiger partial charge in [-0.15, -0.1) is 0 Å². The zero-order valence-corrected chi connectivity index (χ0v) is 10.2. The van der Waals surface area contributed by atoms with E-state index in [1.54, 1.807) is 6.92 Å². The highest BCUT2D eigenvalue weighted by Crippen LogP contribution is 2.30. The fourth-order valence-electron chi connectivity index (χ4n) is 1.79. The summed E-state index contributed by atoms with van der Waals surface area (Å²) in [4.78, 5) is 0. The minimum absolute atomic E-state index is 0.233. The highest BCUT2D eigenvalue weighted by Gasteiger charge is 2.15. The third-order valence-corrected chi connectivity index (χ3v) is 3.27. The van der Waals surface area contributed by atoms with E-state index >= 15 is 0 Å². The fraction of sp³-hybridized carbons (Fsp3) is 0.500. The van der Waals surface area contributed by atoms with Crippen LogP contribution in [0.25, 0.3) is 0 Å². The van der Waals surface area contributed by atoms with Crippen LogP contribution in [0.2, 0.25) is 5.02 Å². The number of nitrogens with two attached hydrogens (primary N) is 1. The number of halogens is 2. The molecule has 1 unspecified atom stereocenters. The summed E-state index contributed by atoms with van der Waals surface area (Å²) in [7, 11) is 0. The first-order chi connectivity index (χ1) is 6.99. The Labute approximate surface area is 95.4 Å². The van der Waals surface area contributed by atoms with E-state index in [1.807, 2.05) is 13.0 Å². The van der Waals surface area contributed by atoms with Crippen LogP contribution in [0.4, 0.5) is 4.39 Å². The molecule has 0 bridgehead atoms. The average Bonchev–Trinajstić information content (AvgIpc) is 2.20. The Balaban J connectivity index is 3.19. The Hall–Kier alpha value is -0.600. The van der Waals surface area contributed by atoms with Crippen molar-refractivity contribution in [3.05, 3.63) is 33.6 Å². The normalized spacial score (nSPS) is 12.9. The summed E-state index contributed by atoms with van der Waals surface area (Å²) in [6.07, 6.45) is 0.862. The van der Waals surface area contributed by atoms with E-state index in [2.05, 4.69) is 6.92 Å². The Morgan fingerprint density at radius 2 is 2.07 bits per heavy atom. The summed E-state index contributed by atoms with van der Waals surface area (Å²) in [6.45, 7) is 6.26. The summed E-state index contributed by atoms with van der Waals surface area (Å²) >= 11 is 5.84. The van der Waals surface area contributed by atoms with Crippen LogP contribution in [-0.4, -0.2) is 6.54 Å². The molecule has 15 heavy (non-hydrogen) atoms. The number of hydrogen-bond acceptors (Lipinski definition) is 1. The lowest BCUT2D eigenvalue weighted by Crippen LogP contribution is -2.07. The predicted octanol–water partition coefficient (Wildman–Crippen LogP) is 3.55. The molecule has 1 aromatic carbocycles. The number of aryl methyl sites for hydroxylation is 1. The van der Waals surface area contributed by atoms with Gasteiger partial charge in [0.25, 0.3) is 0 Å². The van der Waals surface area contributed by atoms with Crippen LogP contribution in [0.5, 0.6) is 0 Å². The largest absolute Gasteiger partial charge is 0.330 e. The topological polar surface area (TPSA) is 26.0 Å². The maximum atomic E-state index is 13.7. The van der Waals surface area contributed by atoms with E-state index in [1.165, 1.54) is 0 Å². The van der Waals surface area contributed by atoms with Crippen LogP contribution in [0.1, 0.15) is 36.0 Å². The standard InChI is InChI=1S/C12H17ClFN/c1-7(4-5-15)10-6-8(2)11(13)12(14)9(10)3/h6-7H,4-5,15H2,1-3H3. The lowest BCUT2D eigenvalue weighted by atomic mass is 9.92. The molecule has 84 valence electrons. The summed E-state index contributed by atoms with van der Waals surface area (Å²) in [5.74, 6) is -0.0176. The Bertz CT molecular complexity index is 363. The van der Waals surface area contributed by atoms with Crippen molar-refractivity contribution < 1.29 is 4.39 Å². The molecular formula is C12H17ClFN. The van der Waals surface area contributed by atoms with E-state index in [9.17, 15) is 4.39 Å². The van der Waals surface area contributed by atoms with Crippen LogP contribution in [0.3, 0.4) is 0 Å². The van der Waals surface area contributed by atoms with Gasteiger partial charge in [-0.05, 0) is 49.4 Å². The second kappa shape index (κ2) is 4.95. The van der Waals surface area contributed by atoms with Gasteiger partial charge < -0.3 is 5.73 Å². The molecule has 0 amide bonds.